The van der Waals surface area contributed by atoms with Gasteiger partial charge in [-0.05, 0) is 22.6 Å². The normalized spacial score (nSPS) is 12.6. The van der Waals surface area contributed by atoms with Gasteiger partial charge in [0, 0.05) is 20.1 Å². The Hall–Kier alpha value is -3.15. The molecule has 0 aliphatic heterocycles. The predicted octanol–water partition coefficient (Wildman–Crippen LogP) is 2.80. The van der Waals surface area contributed by atoms with E-state index in [-0.39, 0.29) is 0 Å². The highest BCUT2D eigenvalue weighted by Crippen LogP contribution is 2.13. The Balaban J connectivity index is 1.50. The number of rotatable bonds is 7. The SMILES string of the molecule is CN=C(NCc1cccc(Cn2cncn2)c1)NCC(C)c1ccccc1. The van der Waals surface area contributed by atoms with E-state index in [0.29, 0.717) is 12.5 Å². The van der Waals surface area contributed by atoms with Crippen molar-refractivity contribution in [3.63, 3.8) is 0 Å². The summed E-state index contributed by atoms with van der Waals surface area (Å²) in [5, 5.41) is 10.9. The Morgan fingerprint density at radius 3 is 2.63 bits per heavy atom. The highest BCUT2D eigenvalue weighted by Gasteiger charge is 2.06. The van der Waals surface area contributed by atoms with E-state index in [1.807, 2.05) is 10.7 Å². The Bertz CT molecular complexity index is 842. The van der Waals surface area contributed by atoms with Crippen LogP contribution in [0.4, 0.5) is 0 Å². The molecule has 6 nitrogen and oxygen atoms in total. The van der Waals surface area contributed by atoms with Gasteiger partial charge in [-0.25, -0.2) is 9.67 Å². The van der Waals surface area contributed by atoms with Gasteiger partial charge in [-0.1, -0.05) is 61.5 Å². The average Bonchev–Trinajstić information content (AvgIpc) is 3.22. The van der Waals surface area contributed by atoms with Crippen molar-refractivity contribution in [2.45, 2.75) is 25.9 Å². The monoisotopic (exact) mass is 362 g/mol. The lowest BCUT2D eigenvalue weighted by Gasteiger charge is -2.16. The molecule has 27 heavy (non-hydrogen) atoms. The van der Waals surface area contributed by atoms with E-state index in [9.17, 15) is 0 Å². The molecule has 0 fully saturated rings. The minimum absolute atomic E-state index is 0.413. The lowest BCUT2D eigenvalue weighted by atomic mass is 10.0. The van der Waals surface area contributed by atoms with Crippen molar-refractivity contribution < 1.29 is 0 Å². The first kappa shape index (κ1) is 18.6. The van der Waals surface area contributed by atoms with Crippen molar-refractivity contribution in [3.05, 3.63) is 83.9 Å². The van der Waals surface area contributed by atoms with Gasteiger partial charge in [0.2, 0.25) is 0 Å². The quantitative estimate of drug-likeness (QED) is 0.501. The predicted molar refractivity (Wildman–Crippen MR) is 109 cm³/mol. The summed E-state index contributed by atoms with van der Waals surface area (Å²) < 4.78 is 1.82. The van der Waals surface area contributed by atoms with E-state index >= 15 is 0 Å². The molecule has 0 amide bonds. The lowest BCUT2D eigenvalue weighted by molar-refractivity contribution is 0.682. The molecule has 0 saturated carbocycles. The molecule has 6 heteroatoms. The second kappa shape index (κ2) is 9.52. The summed E-state index contributed by atoms with van der Waals surface area (Å²) >= 11 is 0. The first-order valence-corrected chi connectivity index (χ1v) is 9.14. The van der Waals surface area contributed by atoms with E-state index in [2.05, 4.69) is 81.2 Å². The maximum absolute atomic E-state index is 4.32. The molecule has 0 aliphatic carbocycles. The van der Waals surface area contributed by atoms with Crippen LogP contribution in [0.25, 0.3) is 0 Å². The summed E-state index contributed by atoms with van der Waals surface area (Å²) in [7, 11) is 1.80. The molecule has 0 bridgehead atoms. The van der Waals surface area contributed by atoms with Gasteiger partial charge in [-0.2, -0.15) is 5.10 Å². The number of aliphatic imine (C=N–C) groups is 1. The van der Waals surface area contributed by atoms with Gasteiger partial charge in [0.25, 0.3) is 0 Å². The molecule has 0 saturated heterocycles. The number of hydrogen-bond acceptors (Lipinski definition) is 3. The first-order chi connectivity index (χ1) is 13.2. The summed E-state index contributed by atoms with van der Waals surface area (Å²) in [6.07, 6.45) is 3.28. The zero-order chi connectivity index (χ0) is 18.9. The van der Waals surface area contributed by atoms with Crippen molar-refractivity contribution in [1.82, 2.24) is 25.4 Å². The lowest BCUT2D eigenvalue weighted by Crippen LogP contribution is -2.38. The molecule has 1 atom stereocenters. The Morgan fingerprint density at radius 1 is 1.07 bits per heavy atom. The van der Waals surface area contributed by atoms with Crippen molar-refractivity contribution >= 4 is 5.96 Å². The van der Waals surface area contributed by atoms with E-state index in [0.717, 1.165) is 19.0 Å². The summed E-state index contributed by atoms with van der Waals surface area (Å²) in [5.74, 6) is 1.22. The minimum atomic E-state index is 0.413. The van der Waals surface area contributed by atoms with Crippen LogP contribution in [0.15, 0.2) is 72.2 Å². The van der Waals surface area contributed by atoms with Crippen LogP contribution in [0.3, 0.4) is 0 Å². The van der Waals surface area contributed by atoms with Crippen LogP contribution in [-0.4, -0.2) is 34.3 Å². The summed E-state index contributed by atoms with van der Waals surface area (Å²) in [6, 6.07) is 19.0. The van der Waals surface area contributed by atoms with Crippen molar-refractivity contribution in [3.8, 4) is 0 Å². The molecular formula is C21H26N6. The number of guanidine groups is 1. The summed E-state index contributed by atoms with van der Waals surface area (Å²) in [4.78, 5) is 8.31. The molecule has 0 radical (unpaired) electrons. The molecule has 1 heterocycles. The fraction of sp³-hybridized carbons (Fsp3) is 0.286. The van der Waals surface area contributed by atoms with Crippen molar-refractivity contribution in [2.75, 3.05) is 13.6 Å². The van der Waals surface area contributed by atoms with Crippen LogP contribution in [0.2, 0.25) is 0 Å². The zero-order valence-electron chi connectivity index (χ0n) is 15.8. The number of hydrogen-bond donors (Lipinski definition) is 2. The second-order valence-electron chi connectivity index (χ2n) is 6.53. The summed E-state index contributed by atoms with van der Waals surface area (Å²) in [5.41, 5.74) is 3.72. The molecule has 140 valence electrons. The van der Waals surface area contributed by atoms with E-state index in [1.165, 1.54) is 16.7 Å². The van der Waals surface area contributed by atoms with Crippen molar-refractivity contribution in [1.29, 1.82) is 0 Å². The van der Waals surface area contributed by atoms with Crippen LogP contribution in [0.5, 0.6) is 0 Å². The molecule has 1 unspecified atom stereocenters. The number of aromatic nitrogens is 3. The first-order valence-electron chi connectivity index (χ1n) is 9.14. The van der Waals surface area contributed by atoms with Gasteiger partial charge in [-0.15, -0.1) is 0 Å². The third-order valence-corrected chi connectivity index (χ3v) is 4.43. The van der Waals surface area contributed by atoms with E-state index in [1.54, 1.807) is 19.7 Å². The average molecular weight is 362 g/mol. The third-order valence-electron chi connectivity index (χ3n) is 4.43. The molecule has 3 aromatic rings. The molecular weight excluding hydrogens is 336 g/mol. The highest BCUT2D eigenvalue weighted by molar-refractivity contribution is 5.79. The van der Waals surface area contributed by atoms with Gasteiger partial charge in [0.1, 0.15) is 12.7 Å². The zero-order valence-corrected chi connectivity index (χ0v) is 15.8. The van der Waals surface area contributed by atoms with Gasteiger partial charge in [0.15, 0.2) is 5.96 Å². The standard InChI is InChI=1S/C21H26N6/c1-17(20-9-4-3-5-10-20)12-24-21(22-2)25-13-18-7-6-8-19(11-18)14-27-16-23-15-26-27/h3-11,15-17H,12-14H2,1-2H3,(H2,22,24,25). The van der Waals surface area contributed by atoms with Crippen molar-refractivity contribution in [2.24, 2.45) is 4.99 Å². The highest BCUT2D eigenvalue weighted by atomic mass is 15.3. The Morgan fingerprint density at radius 2 is 1.89 bits per heavy atom. The number of nitrogens with zero attached hydrogens (tertiary/aromatic N) is 4. The third kappa shape index (κ3) is 5.67. The van der Waals surface area contributed by atoms with Gasteiger partial charge < -0.3 is 10.6 Å². The number of benzene rings is 2. The summed E-state index contributed by atoms with van der Waals surface area (Å²) in [6.45, 7) is 4.47. The van der Waals surface area contributed by atoms with Crippen LogP contribution < -0.4 is 10.6 Å². The molecule has 2 N–H and O–H groups in total. The van der Waals surface area contributed by atoms with Crippen LogP contribution in [0.1, 0.15) is 29.5 Å². The fourth-order valence-electron chi connectivity index (χ4n) is 2.89. The Kier molecular flexibility index (Phi) is 6.57. The molecule has 2 aromatic carbocycles. The molecule has 3 rings (SSSR count). The minimum Gasteiger partial charge on any atom is -0.356 e. The smallest absolute Gasteiger partial charge is 0.191 e. The Labute approximate surface area is 160 Å². The maximum atomic E-state index is 4.32. The van der Waals surface area contributed by atoms with E-state index < -0.39 is 0 Å². The molecule has 0 spiro atoms. The van der Waals surface area contributed by atoms with E-state index in [4.69, 9.17) is 0 Å². The fourth-order valence-corrected chi connectivity index (χ4v) is 2.89. The van der Waals surface area contributed by atoms with Crippen LogP contribution >= 0.6 is 0 Å². The molecule has 1 aromatic heterocycles. The van der Waals surface area contributed by atoms with Crippen LogP contribution in [-0.2, 0) is 13.1 Å². The van der Waals surface area contributed by atoms with Gasteiger partial charge >= 0.3 is 0 Å². The largest absolute Gasteiger partial charge is 0.356 e. The maximum Gasteiger partial charge on any atom is 0.191 e. The second-order valence-corrected chi connectivity index (χ2v) is 6.53. The topological polar surface area (TPSA) is 67.1 Å². The molecule has 0 aliphatic rings. The van der Waals surface area contributed by atoms with Gasteiger partial charge in [-0.3, -0.25) is 4.99 Å². The number of nitrogens with one attached hydrogen (secondary N) is 2. The van der Waals surface area contributed by atoms with Crippen LogP contribution in [0, 0.1) is 0 Å². The van der Waals surface area contributed by atoms with Gasteiger partial charge in [0.05, 0.1) is 6.54 Å².